The molecule has 4 heterocycles. The molecular weight excluding hydrogens is 532 g/mol. The van der Waals surface area contributed by atoms with Gasteiger partial charge in [-0.3, -0.25) is 9.59 Å². The number of carbonyl (C=O) groups is 6. The average molecular weight is 573 g/mol. The fraction of sp³-hybridized carbons (Fsp3) is 0.769. The zero-order valence-electron chi connectivity index (χ0n) is 22.9. The molecule has 6 atom stereocenters. The van der Waals surface area contributed by atoms with Gasteiger partial charge in [-0.05, 0) is 78.3 Å². The summed E-state index contributed by atoms with van der Waals surface area (Å²) < 4.78 is 11.0. The highest BCUT2D eigenvalue weighted by molar-refractivity contribution is 6.27. The van der Waals surface area contributed by atoms with Crippen molar-refractivity contribution in [2.75, 3.05) is 27.3 Å². The minimum Gasteiger partial charge on any atom is -0.473 e. The summed E-state index contributed by atoms with van der Waals surface area (Å²) >= 11 is 0. The van der Waals surface area contributed by atoms with Gasteiger partial charge in [0.25, 0.3) is 0 Å². The first-order valence-electron chi connectivity index (χ1n) is 13.5. The quantitative estimate of drug-likeness (QED) is 0.190. The van der Waals surface area contributed by atoms with Crippen molar-refractivity contribution in [2.45, 2.75) is 88.4 Å². The molecule has 4 bridgehead atoms. The van der Waals surface area contributed by atoms with Crippen molar-refractivity contribution in [2.24, 2.45) is 11.8 Å². The van der Waals surface area contributed by atoms with Crippen LogP contribution >= 0.6 is 0 Å². The Balaban J connectivity index is 0.000000393. The van der Waals surface area contributed by atoms with E-state index in [2.05, 4.69) is 23.9 Å². The number of aliphatic carboxylic acids is 4. The van der Waals surface area contributed by atoms with Gasteiger partial charge >= 0.3 is 35.8 Å². The summed E-state index contributed by atoms with van der Waals surface area (Å²) in [5, 5.41) is 29.6. The second-order valence-corrected chi connectivity index (χ2v) is 10.7. The standard InChI is InChI=1S/C22H36N2O4.2C2H2O4/c1-23-17-5-6-18(23)12-15(11-17)21(25)27-9-3-4-10-28-22(26)16-13-19-7-8-20(14-16)24(19)2;2*3-1(4)2(5)6/h15-20H,3-14H2,1-2H3;2*(H,3,4)(H,5,6)/t15?,16?,17-,18+,19-,20+;;. The number of hydrogen-bond acceptors (Lipinski definition) is 10. The van der Waals surface area contributed by atoms with Crippen LogP contribution in [0.25, 0.3) is 0 Å². The van der Waals surface area contributed by atoms with Crippen molar-refractivity contribution < 1.29 is 58.7 Å². The van der Waals surface area contributed by atoms with Crippen LogP contribution in [0.3, 0.4) is 0 Å². The normalized spacial score (nSPS) is 28.6. The maximum Gasteiger partial charge on any atom is 0.414 e. The van der Waals surface area contributed by atoms with E-state index in [1.807, 2.05) is 0 Å². The first-order chi connectivity index (χ1) is 18.8. The molecule has 0 amide bonds. The molecule has 0 radical (unpaired) electrons. The van der Waals surface area contributed by atoms with Crippen LogP contribution in [-0.4, -0.2) is 118 Å². The van der Waals surface area contributed by atoms with Crippen LogP contribution < -0.4 is 0 Å². The van der Waals surface area contributed by atoms with E-state index in [1.54, 1.807) is 0 Å². The van der Waals surface area contributed by atoms with E-state index in [9.17, 15) is 9.59 Å². The fourth-order valence-corrected chi connectivity index (χ4v) is 5.99. The van der Waals surface area contributed by atoms with Crippen molar-refractivity contribution >= 4 is 35.8 Å². The van der Waals surface area contributed by atoms with Crippen molar-refractivity contribution in [3.63, 3.8) is 0 Å². The topological polar surface area (TPSA) is 208 Å². The number of carbonyl (C=O) groups excluding carboxylic acids is 2. The van der Waals surface area contributed by atoms with Crippen LogP contribution in [0.2, 0.25) is 0 Å². The first-order valence-corrected chi connectivity index (χ1v) is 13.5. The van der Waals surface area contributed by atoms with Gasteiger partial charge in [0.15, 0.2) is 0 Å². The molecule has 4 aliphatic heterocycles. The van der Waals surface area contributed by atoms with E-state index in [-0.39, 0.29) is 23.8 Å². The first kappa shape index (κ1) is 32.9. The highest BCUT2D eigenvalue weighted by Crippen LogP contribution is 2.38. The molecule has 14 nitrogen and oxygen atoms in total. The molecule has 4 N–H and O–H groups in total. The Labute approximate surface area is 232 Å². The summed E-state index contributed by atoms with van der Waals surface area (Å²) in [7, 11) is 4.36. The van der Waals surface area contributed by atoms with Gasteiger partial charge in [0.2, 0.25) is 0 Å². The molecule has 0 aromatic carbocycles. The lowest BCUT2D eigenvalue weighted by Gasteiger charge is -2.35. The Morgan fingerprint density at radius 2 is 0.800 bits per heavy atom. The van der Waals surface area contributed by atoms with Gasteiger partial charge in [-0.15, -0.1) is 0 Å². The summed E-state index contributed by atoms with van der Waals surface area (Å²) in [5.41, 5.74) is 0. The highest BCUT2D eigenvalue weighted by atomic mass is 16.5. The number of nitrogens with zero attached hydrogens (tertiary/aromatic N) is 2. The van der Waals surface area contributed by atoms with Crippen molar-refractivity contribution in [1.29, 1.82) is 0 Å². The molecule has 4 rings (SSSR count). The fourth-order valence-electron chi connectivity index (χ4n) is 5.99. The summed E-state index contributed by atoms with van der Waals surface area (Å²) in [6, 6.07) is 2.24. The Hall–Kier alpha value is -3.26. The van der Waals surface area contributed by atoms with E-state index in [1.165, 1.54) is 25.7 Å². The number of carboxylic acids is 4. The molecular formula is C26H40N2O12. The predicted molar refractivity (Wildman–Crippen MR) is 136 cm³/mol. The van der Waals surface area contributed by atoms with Crippen LogP contribution in [0.5, 0.6) is 0 Å². The van der Waals surface area contributed by atoms with E-state index in [4.69, 9.17) is 49.1 Å². The van der Waals surface area contributed by atoms with E-state index in [0.717, 1.165) is 38.5 Å². The number of unbranched alkanes of at least 4 members (excludes halogenated alkanes) is 1. The third kappa shape index (κ3) is 9.73. The number of carboxylic acid groups (broad SMARTS) is 4. The van der Waals surface area contributed by atoms with Gasteiger partial charge in [0.05, 0.1) is 25.0 Å². The van der Waals surface area contributed by atoms with E-state index in [0.29, 0.717) is 37.4 Å². The van der Waals surface area contributed by atoms with Crippen LogP contribution in [0, 0.1) is 11.8 Å². The number of rotatable bonds is 7. The molecule has 4 aliphatic rings. The molecule has 40 heavy (non-hydrogen) atoms. The van der Waals surface area contributed by atoms with Crippen molar-refractivity contribution in [3.05, 3.63) is 0 Å². The minimum absolute atomic E-state index is 0.0243. The van der Waals surface area contributed by atoms with Crippen LogP contribution in [-0.2, 0) is 38.2 Å². The smallest absolute Gasteiger partial charge is 0.414 e. The van der Waals surface area contributed by atoms with Crippen molar-refractivity contribution in [3.8, 4) is 0 Å². The van der Waals surface area contributed by atoms with Crippen LogP contribution in [0.1, 0.15) is 64.2 Å². The van der Waals surface area contributed by atoms with Crippen LogP contribution in [0.15, 0.2) is 0 Å². The Kier molecular flexibility index (Phi) is 12.8. The second kappa shape index (κ2) is 15.5. The number of esters is 2. The number of hydrogen-bond donors (Lipinski definition) is 4. The number of piperidine rings is 2. The van der Waals surface area contributed by atoms with Gasteiger partial charge in [-0.25, -0.2) is 19.2 Å². The molecule has 4 fully saturated rings. The Morgan fingerprint density at radius 3 is 1.02 bits per heavy atom. The molecule has 0 aliphatic carbocycles. The Morgan fingerprint density at radius 1 is 0.550 bits per heavy atom. The van der Waals surface area contributed by atoms with E-state index < -0.39 is 23.9 Å². The lowest BCUT2D eigenvalue weighted by atomic mass is 9.91. The lowest BCUT2D eigenvalue weighted by molar-refractivity contribution is -0.159. The highest BCUT2D eigenvalue weighted by Gasteiger charge is 2.42. The number of ether oxygens (including phenoxy) is 2. The van der Waals surface area contributed by atoms with Gasteiger partial charge < -0.3 is 39.7 Å². The molecule has 14 heteroatoms. The second-order valence-electron chi connectivity index (χ2n) is 10.7. The molecule has 4 saturated heterocycles. The molecule has 0 aromatic heterocycles. The summed E-state index contributed by atoms with van der Waals surface area (Å²) in [6.07, 6.45) is 10.2. The van der Waals surface area contributed by atoms with Gasteiger partial charge in [-0.2, -0.15) is 0 Å². The molecule has 226 valence electrons. The largest absolute Gasteiger partial charge is 0.473 e. The lowest BCUT2D eigenvalue weighted by Crippen LogP contribution is -2.42. The molecule has 0 aromatic rings. The summed E-state index contributed by atoms with van der Waals surface area (Å²) in [5.74, 6) is -7.19. The number of fused-ring (bicyclic) bond motifs is 4. The Bertz CT molecular complexity index is 815. The van der Waals surface area contributed by atoms with Gasteiger partial charge in [0.1, 0.15) is 0 Å². The average Bonchev–Trinajstić information content (AvgIpc) is 3.22. The van der Waals surface area contributed by atoms with E-state index >= 15 is 0 Å². The molecule has 0 spiro atoms. The molecule has 0 saturated carbocycles. The third-order valence-electron chi connectivity index (χ3n) is 8.26. The zero-order chi connectivity index (χ0) is 30.0. The molecule has 2 unspecified atom stereocenters. The maximum absolute atomic E-state index is 12.3. The minimum atomic E-state index is -1.82. The zero-order valence-corrected chi connectivity index (χ0v) is 22.9. The predicted octanol–water partition coefficient (Wildman–Crippen LogP) is 0.910. The summed E-state index contributed by atoms with van der Waals surface area (Å²) in [6.45, 7) is 0.882. The van der Waals surface area contributed by atoms with Crippen molar-refractivity contribution in [1.82, 2.24) is 9.80 Å². The van der Waals surface area contributed by atoms with Gasteiger partial charge in [-0.1, -0.05) is 0 Å². The monoisotopic (exact) mass is 572 g/mol. The third-order valence-corrected chi connectivity index (χ3v) is 8.26. The van der Waals surface area contributed by atoms with Gasteiger partial charge in [0, 0.05) is 24.2 Å². The summed E-state index contributed by atoms with van der Waals surface area (Å²) in [4.78, 5) is 65.9. The SMILES string of the molecule is CN1[C@@H]2CC[C@H]1CC(C(=O)OCCCCOC(=O)C1C[C@H]3CC[C@@H](C1)N3C)C2.O=C(O)C(=O)O.O=C(O)C(=O)O. The maximum atomic E-state index is 12.3. The van der Waals surface area contributed by atoms with Crippen LogP contribution in [0.4, 0.5) is 0 Å².